The van der Waals surface area contributed by atoms with E-state index >= 15 is 0 Å². The summed E-state index contributed by atoms with van der Waals surface area (Å²) in [5.74, 6) is 0.877. The molecule has 15 heavy (non-hydrogen) atoms. The van der Waals surface area contributed by atoms with E-state index in [1.807, 2.05) is 13.0 Å². The molecule has 0 aliphatic carbocycles. The Morgan fingerprint density at radius 1 is 1.47 bits per heavy atom. The fraction of sp³-hybridized carbons (Fsp3) is 0.556. The van der Waals surface area contributed by atoms with Crippen molar-refractivity contribution in [1.82, 2.24) is 10.2 Å². The molecule has 0 atom stereocenters. The van der Waals surface area contributed by atoms with Crippen molar-refractivity contribution in [3.63, 3.8) is 0 Å². The summed E-state index contributed by atoms with van der Waals surface area (Å²) in [4.78, 5) is 0. The van der Waals surface area contributed by atoms with Crippen LogP contribution in [-0.2, 0) is 9.84 Å². The van der Waals surface area contributed by atoms with Crippen LogP contribution >= 0.6 is 0 Å². The van der Waals surface area contributed by atoms with Crippen LogP contribution in [0, 0.1) is 6.92 Å². The van der Waals surface area contributed by atoms with Crippen molar-refractivity contribution >= 4 is 15.7 Å². The zero-order chi connectivity index (χ0) is 11.3. The van der Waals surface area contributed by atoms with E-state index in [0.717, 1.165) is 5.56 Å². The van der Waals surface area contributed by atoms with Crippen molar-refractivity contribution in [3.8, 4) is 0 Å². The van der Waals surface area contributed by atoms with E-state index in [1.165, 1.54) is 6.26 Å². The zero-order valence-electron chi connectivity index (χ0n) is 8.90. The van der Waals surface area contributed by atoms with Gasteiger partial charge in [-0.25, -0.2) is 8.42 Å². The number of anilines is 1. The molecule has 0 saturated carbocycles. The summed E-state index contributed by atoms with van der Waals surface area (Å²) in [6.45, 7) is 2.52. The van der Waals surface area contributed by atoms with Gasteiger partial charge in [-0.3, -0.25) is 0 Å². The molecule has 0 saturated heterocycles. The first-order chi connectivity index (χ1) is 6.97. The lowest BCUT2D eigenvalue weighted by molar-refractivity contribution is 0.600. The molecule has 0 aromatic carbocycles. The van der Waals surface area contributed by atoms with Gasteiger partial charge in [-0.15, -0.1) is 5.10 Å². The fourth-order valence-corrected chi connectivity index (χ4v) is 1.77. The Morgan fingerprint density at radius 2 is 2.20 bits per heavy atom. The van der Waals surface area contributed by atoms with Gasteiger partial charge in [0.1, 0.15) is 15.7 Å². The molecule has 0 amide bonds. The molecular weight excluding hydrogens is 214 g/mol. The number of aryl methyl sites for hydroxylation is 1. The lowest BCUT2D eigenvalue weighted by Crippen LogP contribution is -2.10. The number of hydrogen-bond donors (Lipinski definition) is 1. The lowest BCUT2D eigenvalue weighted by atomic mass is 10.3. The molecule has 1 rings (SSSR count). The first kappa shape index (κ1) is 11.9. The van der Waals surface area contributed by atoms with E-state index in [-0.39, 0.29) is 5.75 Å². The molecule has 0 fully saturated rings. The Labute approximate surface area is 89.8 Å². The minimum absolute atomic E-state index is 0.194. The number of nitrogens with one attached hydrogen (secondary N) is 1. The minimum atomic E-state index is -2.86. The highest BCUT2D eigenvalue weighted by Crippen LogP contribution is 2.03. The van der Waals surface area contributed by atoms with Gasteiger partial charge in [0.25, 0.3) is 0 Å². The van der Waals surface area contributed by atoms with Crippen LogP contribution in [0.1, 0.15) is 12.0 Å². The summed E-state index contributed by atoms with van der Waals surface area (Å²) in [5.41, 5.74) is 1.02. The number of rotatable bonds is 5. The number of sulfone groups is 1. The maximum absolute atomic E-state index is 10.8. The average Bonchev–Trinajstić information content (AvgIpc) is 2.11. The molecule has 0 aliphatic heterocycles. The van der Waals surface area contributed by atoms with Gasteiger partial charge in [-0.1, -0.05) is 0 Å². The summed E-state index contributed by atoms with van der Waals surface area (Å²) < 4.78 is 21.7. The molecule has 1 N–H and O–H groups in total. The summed E-state index contributed by atoms with van der Waals surface area (Å²) in [5, 5.41) is 10.7. The Kier molecular flexibility index (Phi) is 4.02. The summed E-state index contributed by atoms with van der Waals surface area (Å²) in [6, 6.07) is 1.87. The second-order valence-corrected chi connectivity index (χ2v) is 5.79. The first-order valence-electron chi connectivity index (χ1n) is 4.68. The quantitative estimate of drug-likeness (QED) is 0.750. The molecule has 6 heteroatoms. The average molecular weight is 229 g/mol. The molecule has 0 bridgehead atoms. The van der Waals surface area contributed by atoms with Gasteiger partial charge in [-0.05, 0) is 25.0 Å². The van der Waals surface area contributed by atoms with Crippen molar-refractivity contribution in [2.45, 2.75) is 13.3 Å². The van der Waals surface area contributed by atoms with Crippen LogP contribution in [-0.4, -0.2) is 37.2 Å². The van der Waals surface area contributed by atoms with Gasteiger partial charge in [0.2, 0.25) is 0 Å². The lowest BCUT2D eigenvalue weighted by Gasteiger charge is -2.04. The van der Waals surface area contributed by atoms with Crippen molar-refractivity contribution in [2.75, 3.05) is 23.9 Å². The molecule has 0 spiro atoms. The molecule has 84 valence electrons. The standard InChI is InChI=1S/C9H15N3O2S/c1-8-6-9(12-11-7-8)10-4-3-5-15(2,13)14/h6-7H,3-5H2,1-2H3,(H,10,12). The van der Waals surface area contributed by atoms with E-state index in [2.05, 4.69) is 15.5 Å². The SMILES string of the molecule is Cc1cnnc(NCCCS(C)(=O)=O)c1. The maximum atomic E-state index is 10.8. The van der Waals surface area contributed by atoms with Crippen LogP contribution in [0.4, 0.5) is 5.82 Å². The highest BCUT2D eigenvalue weighted by molar-refractivity contribution is 7.90. The Balaban J connectivity index is 2.32. The number of hydrogen-bond acceptors (Lipinski definition) is 5. The van der Waals surface area contributed by atoms with Crippen LogP contribution in [0.15, 0.2) is 12.3 Å². The van der Waals surface area contributed by atoms with Crippen LogP contribution in [0.2, 0.25) is 0 Å². The monoisotopic (exact) mass is 229 g/mol. The Morgan fingerprint density at radius 3 is 2.80 bits per heavy atom. The van der Waals surface area contributed by atoms with Gasteiger partial charge in [0.15, 0.2) is 0 Å². The predicted octanol–water partition coefficient (Wildman–Crippen LogP) is 0.632. The van der Waals surface area contributed by atoms with Crippen LogP contribution in [0.3, 0.4) is 0 Å². The molecule has 1 aromatic heterocycles. The largest absolute Gasteiger partial charge is 0.369 e. The normalized spacial score (nSPS) is 11.3. The van der Waals surface area contributed by atoms with E-state index in [0.29, 0.717) is 18.8 Å². The third-order valence-corrected chi connectivity index (χ3v) is 2.82. The number of nitrogens with zero attached hydrogens (tertiary/aromatic N) is 2. The highest BCUT2D eigenvalue weighted by Gasteiger charge is 2.01. The van der Waals surface area contributed by atoms with Crippen LogP contribution in [0.5, 0.6) is 0 Å². The van der Waals surface area contributed by atoms with Crippen molar-refractivity contribution in [2.24, 2.45) is 0 Å². The zero-order valence-corrected chi connectivity index (χ0v) is 9.71. The van der Waals surface area contributed by atoms with Crippen LogP contribution < -0.4 is 5.32 Å². The molecule has 0 unspecified atom stereocenters. The second kappa shape index (κ2) is 5.06. The van der Waals surface area contributed by atoms with Gasteiger partial charge in [0.05, 0.1) is 11.9 Å². The molecule has 5 nitrogen and oxygen atoms in total. The number of aromatic nitrogens is 2. The van der Waals surface area contributed by atoms with Gasteiger partial charge in [-0.2, -0.15) is 5.10 Å². The van der Waals surface area contributed by atoms with E-state index in [1.54, 1.807) is 6.20 Å². The van der Waals surface area contributed by atoms with Gasteiger partial charge < -0.3 is 5.32 Å². The van der Waals surface area contributed by atoms with Crippen molar-refractivity contribution < 1.29 is 8.42 Å². The van der Waals surface area contributed by atoms with E-state index in [9.17, 15) is 8.42 Å². The molecule has 0 aliphatic rings. The fourth-order valence-electron chi connectivity index (χ4n) is 1.10. The highest BCUT2D eigenvalue weighted by atomic mass is 32.2. The molecular formula is C9H15N3O2S. The smallest absolute Gasteiger partial charge is 0.148 e. The second-order valence-electron chi connectivity index (χ2n) is 3.53. The summed E-state index contributed by atoms with van der Waals surface area (Å²) >= 11 is 0. The maximum Gasteiger partial charge on any atom is 0.148 e. The molecule has 0 radical (unpaired) electrons. The van der Waals surface area contributed by atoms with Crippen molar-refractivity contribution in [1.29, 1.82) is 0 Å². The Bertz CT molecular complexity index is 417. The topological polar surface area (TPSA) is 72.0 Å². The van der Waals surface area contributed by atoms with Gasteiger partial charge >= 0.3 is 0 Å². The van der Waals surface area contributed by atoms with Crippen LogP contribution in [0.25, 0.3) is 0 Å². The summed E-state index contributed by atoms with van der Waals surface area (Å²) in [6.07, 6.45) is 3.48. The van der Waals surface area contributed by atoms with E-state index in [4.69, 9.17) is 0 Å². The third kappa shape index (κ3) is 5.31. The summed E-state index contributed by atoms with van der Waals surface area (Å²) in [7, 11) is -2.86. The minimum Gasteiger partial charge on any atom is -0.369 e. The molecule has 1 heterocycles. The van der Waals surface area contributed by atoms with Crippen molar-refractivity contribution in [3.05, 3.63) is 17.8 Å². The predicted molar refractivity (Wildman–Crippen MR) is 59.6 cm³/mol. The van der Waals surface area contributed by atoms with Gasteiger partial charge in [0, 0.05) is 12.8 Å². The Hall–Kier alpha value is -1.17. The third-order valence-electron chi connectivity index (χ3n) is 1.79. The molecule has 1 aromatic rings. The first-order valence-corrected chi connectivity index (χ1v) is 6.74. The van der Waals surface area contributed by atoms with E-state index < -0.39 is 9.84 Å².